The van der Waals surface area contributed by atoms with Gasteiger partial charge in [0.2, 0.25) is 5.91 Å². The molecular formula is C24H28N2O3S. The highest BCUT2D eigenvalue weighted by Gasteiger charge is 2.21. The summed E-state index contributed by atoms with van der Waals surface area (Å²) in [5.74, 6) is 1.51. The molecule has 0 bridgehead atoms. The van der Waals surface area contributed by atoms with Crippen molar-refractivity contribution in [2.75, 3.05) is 7.11 Å². The van der Waals surface area contributed by atoms with Gasteiger partial charge in [-0.05, 0) is 31.0 Å². The summed E-state index contributed by atoms with van der Waals surface area (Å²) in [5, 5.41) is 2.88. The van der Waals surface area contributed by atoms with E-state index in [1.807, 2.05) is 64.9 Å². The van der Waals surface area contributed by atoms with Crippen LogP contribution in [0.4, 0.5) is 0 Å². The summed E-state index contributed by atoms with van der Waals surface area (Å²) in [5.41, 5.74) is 1.92. The number of para-hydroxylation sites is 2. The summed E-state index contributed by atoms with van der Waals surface area (Å²) >= 11 is 1.54. The molecule has 6 heteroatoms. The van der Waals surface area contributed by atoms with Gasteiger partial charge in [0, 0.05) is 11.4 Å². The van der Waals surface area contributed by atoms with Crippen LogP contribution >= 0.6 is 11.3 Å². The first-order valence-corrected chi connectivity index (χ1v) is 11.0. The highest BCUT2D eigenvalue weighted by molar-refractivity contribution is 7.09. The minimum atomic E-state index is 0.121. The van der Waals surface area contributed by atoms with Crippen LogP contribution in [0.1, 0.15) is 36.5 Å². The maximum atomic E-state index is 13.0. The van der Waals surface area contributed by atoms with Crippen molar-refractivity contribution in [2.45, 2.75) is 45.9 Å². The van der Waals surface area contributed by atoms with Gasteiger partial charge in [-0.15, -0.1) is 11.3 Å². The molecule has 30 heavy (non-hydrogen) atoms. The molecule has 0 unspecified atom stereocenters. The summed E-state index contributed by atoms with van der Waals surface area (Å²) in [6.07, 6.45) is 1.30. The Morgan fingerprint density at radius 2 is 1.80 bits per heavy atom. The Hall–Kier alpha value is -2.86. The average molecular weight is 425 g/mol. The van der Waals surface area contributed by atoms with Gasteiger partial charge in [0.25, 0.3) is 0 Å². The van der Waals surface area contributed by atoms with E-state index in [1.54, 1.807) is 18.4 Å². The van der Waals surface area contributed by atoms with Crippen LogP contribution in [0.5, 0.6) is 11.5 Å². The maximum Gasteiger partial charge on any atom is 0.227 e. The minimum Gasteiger partial charge on any atom is -0.493 e. The van der Waals surface area contributed by atoms with Gasteiger partial charge >= 0.3 is 0 Å². The molecule has 1 heterocycles. The Bertz CT molecular complexity index is 942. The molecule has 2 aromatic carbocycles. The van der Waals surface area contributed by atoms with Crippen molar-refractivity contribution >= 4 is 17.2 Å². The van der Waals surface area contributed by atoms with Crippen molar-refractivity contribution in [3.05, 3.63) is 76.2 Å². The zero-order valence-electron chi connectivity index (χ0n) is 17.7. The van der Waals surface area contributed by atoms with Gasteiger partial charge in [-0.25, -0.2) is 4.98 Å². The van der Waals surface area contributed by atoms with E-state index in [4.69, 9.17) is 9.47 Å². The predicted molar refractivity (Wildman–Crippen MR) is 120 cm³/mol. The second-order valence-corrected chi connectivity index (χ2v) is 8.06. The van der Waals surface area contributed by atoms with Gasteiger partial charge in [0.15, 0.2) is 11.5 Å². The van der Waals surface area contributed by atoms with Crippen molar-refractivity contribution < 1.29 is 14.3 Å². The fraction of sp³-hybridized carbons (Fsp3) is 0.333. The molecule has 1 atom stereocenters. The number of amides is 1. The average Bonchev–Trinajstić information content (AvgIpc) is 3.23. The molecular weight excluding hydrogens is 396 g/mol. The van der Waals surface area contributed by atoms with Gasteiger partial charge in [0.1, 0.15) is 11.6 Å². The lowest BCUT2D eigenvalue weighted by Crippen LogP contribution is -2.38. The highest BCUT2D eigenvalue weighted by atomic mass is 32.1. The second-order valence-electron chi connectivity index (χ2n) is 7.11. The monoisotopic (exact) mass is 424 g/mol. The van der Waals surface area contributed by atoms with Crippen molar-refractivity contribution in [3.8, 4) is 11.5 Å². The fourth-order valence-electron chi connectivity index (χ4n) is 3.12. The molecule has 0 saturated heterocycles. The van der Waals surface area contributed by atoms with Crippen LogP contribution in [-0.4, -0.2) is 28.9 Å². The van der Waals surface area contributed by atoms with E-state index in [2.05, 4.69) is 18.8 Å². The first-order valence-electron chi connectivity index (χ1n) is 10.1. The van der Waals surface area contributed by atoms with Gasteiger partial charge in [-0.1, -0.05) is 49.4 Å². The van der Waals surface area contributed by atoms with Crippen LogP contribution in [0.2, 0.25) is 0 Å². The molecule has 0 saturated carbocycles. The summed E-state index contributed by atoms with van der Waals surface area (Å²) in [6.45, 7) is 5.06. The molecule has 1 aromatic heterocycles. The molecule has 0 N–H and O–H groups in total. The quantitative estimate of drug-likeness (QED) is 0.454. The van der Waals surface area contributed by atoms with Gasteiger partial charge in [0.05, 0.1) is 25.8 Å². The van der Waals surface area contributed by atoms with Crippen LogP contribution in [-0.2, 0) is 24.4 Å². The molecule has 0 spiro atoms. The molecule has 3 aromatic rings. The summed E-state index contributed by atoms with van der Waals surface area (Å²) < 4.78 is 11.2. The first kappa shape index (κ1) is 21.8. The molecule has 3 rings (SSSR count). The smallest absolute Gasteiger partial charge is 0.227 e. The van der Waals surface area contributed by atoms with Gasteiger partial charge in [-0.2, -0.15) is 0 Å². The zero-order valence-corrected chi connectivity index (χ0v) is 18.5. The predicted octanol–water partition coefficient (Wildman–Crippen LogP) is 5.10. The van der Waals surface area contributed by atoms with Crippen molar-refractivity contribution in [1.82, 2.24) is 9.88 Å². The largest absolute Gasteiger partial charge is 0.493 e. The number of ether oxygens (including phenoxy) is 2. The zero-order chi connectivity index (χ0) is 21.3. The van der Waals surface area contributed by atoms with Crippen LogP contribution in [0.3, 0.4) is 0 Å². The summed E-state index contributed by atoms with van der Waals surface area (Å²) in [6, 6.07) is 17.6. The second kappa shape index (κ2) is 10.8. The Labute approximate surface area is 182 Å². The Morgan fingerprint density at radius 3 is 2.50 bits per heavy atom. The number of benzene rings is 2. The third kappa shape index (κ3) is 5.83. The summed E-state index contributed by atoms with van der Waals surface area (Å²) in [7, 11) is 1.62. The third-order valence-electron chi connectivity index (χ3n) is 4.99. The molecule has 0 aliphatic heterocycles. The lowest BCUT2D eigenvalue weighted by Gasteiger charge is -2.28. The van der Waals surface area contributed by atoms with Crippen LogP contribution in [0.25, 0.3) is 0 Å². The fourth-order valence-corrected chi connectivity index (χ4v) is 3.82. The van der Waals surface area contributed by atoms with E-state index in [-0.39, 0.29) is 11.9 Å². The van der Waals surface area contributed by atoms with Gasteiger partial charge in [-0.3, -0.25) is 4.79 Å². The lowest BCUT2D eigenvalue weighted by molar-refractivity contribution is -0.133. The molecule has 0 fully saturated rings. The lowest BCUT2D eigenvalue weighted by atomic mass is 10.1. The number of thiazole rings is 1. The topological polar surface area (TPSA) is 51.7 Å². The number of rotatable bonds is 10. The van der Waals surface area contributed by atoms with E-state index >= 15 is 0 Å². The van der Waals surface area contributed by atoms with Crippen molar-refractivity contribution in [2.24, 2.45) is 0 Å². The Kier molecular flexibility index (Phi) is 7.85. The number of hydrogen-bond acceptors (Lipinski definition) is 5. The Morgan fingerprint density at radius 1 is 1.10 bits per heavy atom. The Balaban J connectivity index is 1.64. The molecule has 0 aliphatic rings. The standard InChI is InChI=1S/C24H28N2O3S/c1-4-18(2)26(24(27)14-19-10-6-5-7-11-19)15-20-17-30-23(25-20)16-29-22-13-9-8-12-21(22)28-3/h5-13,17-18H,4,14-16H2,1-3H3/t18-/m1/s1. The van der Waals surface area contributed by atoms with Crippen molar-refractivity contribution in [1.29, 1.82) is 0 Å². The molecule has 158 valence electrons. The molecule has 0 radical (unpaired) electrons. The number of methoxy groups -OCH3 is 1. The van der Waals surface area contributed by atoms with Gasteiger partial charge < -0.3 is 14.4 Å². The number of carbonyl (C=O) groups excluding carboxylic acids is 1. The normalized spacial score (nSPS) is 11.7. The van der Waals surface area contributed by atoms with E-state index in [1.165, 1.54) is 0 Å². The number of hydrogen-bond donors (Lipinski definition) is 0. The minimum absolute atomic E-state index is 0.121. The van der Waals surface area contributed by atoms with Crippen LogP contribution in [0, 0.1) is 0 Å². The molecule has 1 amide bonds. The number of carbonyl (C=O) groups is 1. The van der Waals surface area contributed by atoms with Crippen LogP contribution < -0.4 is 9.47 Å². The maximum absolute atomic E-state index is 13.0. The van der Waals surface area contributed by atoms with E-state index < -0.39 is 0 Å². The number of nitrogens with zero attached hydrogens (tertiary/aromatic N) is 2. The molecule has 5 nitrogen and oxygen atoms in total. The highest BCUT2D eigenvalue weighted by Crippen LogP contribution is 2.27. The third-order valence-corrected chi connectivity index (χ3v) is 5.86. The van der Waals surface area contributed by atoms with Crippen molar-refractivity contribution in [3.63, 3.8) is 0 Å². The number of aromatic nitrogens is 1. The van der Waals surface area contributed by atoms with E-state index in [9.17, 15) is 4.79 Å². The molecule has 0 aliphatic carbocycles. The SMILES string of the molecule is CC[C@@H](C)N(Cc1csc(COc2ccccc2OC)n1)C(=O)Cc1ccccc1. The van der Waals surface area contributed by atoms with E-state index in [0.717, 1.165) is 22.7 Å². The first-order chi connectivity index (χ1) is 14.6. The summed E-state index contributed by atoms with van der Waals surface area (Å²) in [4.78, 5) is 19.6. The van der Waals surface area contributed by atoms with Crippen LogP contribution in [0.15, 0.2) is 60.0 Å². The van der Waals surface area contributed by atoms with E-state index in [0.29, 0.717) is 31.1 Å².